The highest BCUT2D eigenvalue weighted by molar-refractivity contribution is 6.32. The summed E-state index contributed by atoms with van der Waals surface area (Å²) in [6, 6.07) is 3.38. The molecule has 39 nitrogen and oxygen atoms in total. The van der Waals surface area contributed by atoms with Crippen molar-refractivity contribution < 1.29 is 127 Å². The van der Waals surface area contributed by atoms with Crippen LogP contribution in [-0.2, 0) is 63.9 Å². The van der Waals surface area contributed by atoms with E-state index in [1.807, 2.05) is 13.8 Å². The molecule has 4 saturated carbocycles. The first-order valence-corrected chi connectivity index (χ1v) is 45.1. The summed E-state index contributed by atoms with van der Waals surface area (Å²) >= 11 is 14.6. The molecule has 41 heteroatoms. The molecule has 4 aliphatic carbocycles. The van der Waals surface area contributed by atoms with Crippen molar-refractivity contribution in [3.8, 4) is 62.9 Å². The Morgan fingerprint density at radius 3 is 1.91 bits per heavy atom. The maximum atomic E-state index is 16.9. The number of fused-ring (bicyclic) bond motifs is 15. The van der Waals surface area contributed by atoms with E-state index in [9.17, 15) is 65.1 Å². The number of aliphatic hydroxyl groups excluding tert-OH is 6. The Bertz CT molecular complexity index is 5360. The molecule has 7 heterocycles. The predicted octanol–water partition coefficient (Wildman–Crippen LogP) is 4.23. The highest BCUT2D eigenvalue weighted by Gasteiger charge is 2.54. The molecular weight excluding hydrogens is 1770 g/mol. The zero-order valence-corrected chi connectivity index (χ0v) is 75.4. The van der Waals surface area contributed by atoms with Crippen molar-refractivity contribution in [2.24, 2.45) is 35.3 Å². The fourth-order valence-corrected chi connectivity index (χ4v) is 19.6. The Hall–Kier alpha value is -11.3. The van der Waals surface area contributed by atoms with Crippen molar-refractivity contribution in [3.63, 3.8) is 0 Å². The third-order valence-electron chi connectivity index (χ3n) is 25.9. The number of hydrogen-bond donors (Lipinski definition) is 22. The van der Waals surface area contributed by atoms with Crippen LogP contribution in [0, 0.1) is 29.6 Å². The lowest BCUT2D eigenvalue weighted by molar-refractivity contribution is -0.333. The maximum Gasteiger partial charge on any atom is 0.325 e. The number of carbonyl (C=O) groups excluding carboxylic acids is 10. The van der Waals surface area contributed by atoms with Crippen molar-refractivity contribution in [1.29, 1.82) is 0 Å². The third kappa shape index (κ3) is 22.1. The number of imide groups is 1. The van der Waals surface area contributed by atoms with Crippen molar-refractivity contribution in [1.82, 2.24) is 58.5 Å². The van der Waals surface area contributed by atoms with Crippen LogP contribution in [0.15, 0.2) is 97.1 Å². The van der Waals surface area contributed by atoms with Gasteiger partial charge in [0.1, 0.15) is 101 Å². The summed E-state index contributed by atoms with van der Waals surface area (Å²) in [5, 5.41) is 141. The number of methoxy groups -OCH3 is 1. The molecule has 18 atom stereocenters. The number of nitrogens with one attached hydrogen (secondary N) is 12. The third-order valence-corrected chi connectivity index (χ3v) is 26.5. The summed E-state index contributed by atoms with van der Waals surface area (Å²) < 4.78 is 44.5. The van der Waals surface area contributed by atoms with E-state index in [4.69, 9.17) is 62.1 Å². The molecule has 11 aliphatic rings. The van der Waals surface area contributed by atoms with Gasteiger partial charge in [-0.15, -0.1) is 0 Å². The fraction of sp³-hybridized carbons (Fsp3) is 0.500. The van der Waals surface area contributed by atoms with Gasteiger partial charge in [-0.1, -0.05) is 61.7 Å². The largest absolute Gasteiger partial charge is 0.507 e. The molecule has 133 heavy (non-hydrogen) atoms. The van der Waals surface area contributed by atoms with Crippen molar-refractivity contribution >= 4 is 88.1 Å². The predicted molar refractivity (Wildman–Crippen MR) is 476 cm³/mol. The zero-order valence-electron chi connectivity index (χ0n) is 73.9. The van der Waals surface area contributed by atoms with Crippen molar-refractivity contribution in [2.75, 3.05) is 39.2 Å². The average molecular weight is 1890 g/mol. The molecule has 2 saturated heterocycles. The Labute approximate surface area is 774 Å². The molecule has 0 unspecified atom stereocenters. The first kappa shape index (κ1) is 97.7. The van der Waals surface area contributed by atoms with Gasteiger partial charge in [-0.25, -0.2) is 4.79 Å². The molecule has 23 N–H and O–H groups in total. The Balaban J connectivity index is 0.969. The van der Waals surface area contributed by atoms with Gasteiger partial charge in [0, 0.05) is 54.8 Å². The number of anilines is 1. The number of urea groups is 1. The Morgan fingerprint density at radius 1 is 0.669 bits per heavy atom. The van der Waals surface area contributed by atoms with Gasteiger partial charge in [-0.3, -0.25) is 48.5 Å². The molecule has 0 radical (unpaired) electrons. The van der Waals surface area contributed by atoms with Gasteiger partial charge in [0.25, 0.3) is 0 Å². The van der Waals surface area contributed by atoms with Crippen LogP contribution in [0.2, 0.25) is 10.0 Å². The second-order valence-corrected chi connectivity index (χ2v) is 36.9. The first-order valence-electron chi connectivity index (χ1n) is 44.3. The summed E-state index contributed by atoms with van der Waals surface area (Å²) in [7, 11) is 2.88. The van der Waals surface area contributed by atoms with Crippen LogP contribution in [-0.4, -0.2) is 224 Å². The second-order valence-electron chi connectivity index (χ2n) is 36.1. The first-order chi connectivity index (χ1) is 63.3. The zero-order chi connectivity index (χ0) is 95.5. The minimum Gasteiger partial charge on any atom is -0.507 e. The number of likely N-dealkylation sites (N-methyl/N-ethyl adjacent to an activating group) is 1. The molecule has 6 aromatic rings. The number of benzene rings is 6. The fourth-order valence-electron chi connectivity index (χ4n) is 19.2. The molecule has 7 aliphatic heterocycles. The quantitative estimate of drug-likeness (QED) is 0.0377. The van der Waals surface area contributed by atoms with Gasteiger partial charge < -0.3 is 143 Å². The number of hydrogen-bond acceptors (Lipinski definition) is 29. The Morgan fingerprint density at radius 2 is 1.29 bits per heavy atom. The number of carbonyl (C=O) groups is 10. The molecule has 6 aromatic carbocycles. The van der Waals surface area contributed by atoms with E-state index in [0.717, 1.165) is 80.6 Å². The highest BCUT2D eigenvalue weighted by Crippen LogP contribution is 2.55. The topological polar surface area (TPSA) is 588 Å². The molecule has 17 rings (SSSR count). The van der Waals surface area contributed by atoms with Gasteiger partial charge in [0.05, 0.1) is 54.0 Å². The summed E-state index contributed by atoms with van der Waals surface area (Å²) in [6.45, 7) is 7.48. The number of nitrogens with two attached hydrogens (primary N) is 1. The van der Waals surface area contributed by atoms with Crippen LogP contribution in [0.3, 0.4) is 0 Å². The van der Waals surface area contributed by atoms with Gasteiger partial charge in [-0.2, -0.15) is 0 Å². The summed E-state index contributed by atoms with van der Waals surface area (Å²) in [5.41, 5.74) is 2.74. The van der Waals surface area contributed by atoms with Crippen LogP contribution < -0.4 is 88.5 Å². The maximum absolute atomic E-state index is 16.9. The van der Waals surface area contributed by atoms with E-state index in [-0.39, 0.29) is 87.9 Å². The van der Waals surface area contributed by atoms with Gasteiger partial charge in [0.2, 0.25) is 65.2 Å². The minimum absolute atomic E-state index is 0.0198. The molecule has 0 spiro atoms. The van der Waals surface area contributed by atoms with Gasteiger partial charge in [-0.05, 0) is 215 Å². The normalized spacial score (nSPS) is 29.2. The molecule has 6 fully saturated rings. The molecule has 0 aromatic heterocycles. The van der Waals surface area contributed by atoms with E-state index >= 15 is 28.8 Å². The number of phenols is 3. The molecular formula is C92H113Cl2N13O26. The molecule has 15 bridgehead atoms. The van der Waals surface area contributed by atoms with Crippen LogP contribution in [0.4, 0.5) is 10.5 Å². The average Bonchev–Trinajstić information content (AvgIpc) is 0.747. The lowest BCUT2D eigenvalue weighted by atomic mass is 9.54. The van der Waals surface area contributed by atoms with E-state index in [1.54, 1.807) is 0 Å². The van der Waals surface area contributed by atoms with E-state index in [0.29, 0.717) is 49.9 Å². The Kier molecular flexibility index (Phi) is 30.6. The number of amides is 11. The van der Waals surface area contributed by atoms with Crippen molar-refractivity contribution in [3.05, 3.63) is 140 Å². The lowest BCUT2D eigenvalue weighted by Crippen LogP contribution is -2.64. The monoisotopic (exact) mass is 1890 g/mol. The van der Waals surface area contributed by atoms with Crippen LogP contribution in [0.25, 0.3) is 11.1 Å². The number of halogens is 2. The number of aromatic hydroxyl groups is 3. The lowest BCUT2D eigenvalue weighted by Gasteiger charge is -2.54. The smallest absolute Gasteiger partial charge is 0.325 e. The summed E-state index contributed by atoms with van der Waals surface area (Å²) in [6.07, 6.45) is -13.1. The molecule has 716 valence electrons. The van der Waals surface area contributed by atoms with E-state index < -0.39 is 243 Å². The number of phenolic OH excluding ortho intramolecular Hbond substituents is 3. The SMILES string of the molecule is CN[C@H](CC(C)C)C(=O)N[C@H]1C(=O)N[C@@H](CC(=O)NC(=O)Nc2ccc(OC)cc2)C(=O)N[C@H]2C(=O)N[C@H]3C(=O)N[C@H](C(=O)N[C@H](C(=O)NC4C5CC6CC(C5)CC4C6)c4cc(O)c(CNCCCCCNC(C)=O)c(O)c4-c4cc3ccc4O)[C@H](O)c3ccc(c(Cl)c3)Oc3cc2cc(c3O[C@@H]2O[C@H](CO)[C@@H](O)[C@H](O)[C@H]2O[C@H]2C[C@](C)(N)[C@H](O)[C@H](C)O2)Oc2ccc(cc2Cl)[C@H]1O. The molecule has 11 amide bonds. The summed E-state index contributed by atoms with van der Waals surface area (Å²) in [4.78, 5) is 152. The number of rotatable bonds is 24. The number of ether oxygens (including phenoxy) is 7. The standard InChI is InChI=1S/C92H113Cl2N13O26/c1-39(2)23-57(96-6)83(119)106-73-75(113)45-12-19-61(55(93)30-45)129-63-32-49-33-64(80(63)133-90-81(79(117)78(116)65(38-108)131-90)132-67-36-92(5,95)82(118)40(3)128-67)130-62-20-13-46(31-56(62)94)76(114)74-89(125)105-72(87(123)102-69-47-25-42-24-43(27-47)28-48(69)26-42)53-34-60(111)54(37-97-21-9-8-10-22-98-41(4)109)77(115)68(53)52-29-44(11-18-59(52)110)70(85(121)107-74)104-86(122)71(49)103-84(120)58(100-88(73)124)35-66(112)101-91(126)99-50-14-16-51(127-7)17-15-50/h11-20,29-34,39-40,42-43,47-48,57-58,65,67,69-76,78-79,81-82,90,96-97,108,110-111,113-118H,8-10,21-28,35-38,95H2,1-7H3,(H,98,109)(H,100,124)(H,102,123)(H,103,120)(H,104,122)(H,105,125)(H,106,119)(H,107,121)(H2,99,101,112,126)/t40-,42?,43?,47?,48?,57+,58-,65+,67-,69?,70+,71+,72-,73+,74-,75+,76+,78+,79-,81+,82+,90-,92-/m0/s1. The van der Waals surface area contributed by atoms with Gasteiger partial charge >= 0.3 is 6.03 Å². The van der Waals surface area contributed by atoms with Crippen LogP contribution in [0.1, 0.15) is 169 Å². The van der Waals surface area contributed by atoms with Crippen molar-refractivity contribution in [2.45, 2.75) is 227 Å². The number of unbranched alkanes of at least 4 members (excludes halogenated alkanes) is 2. The van der Waals surface area contributed by atoms with Crippen LogP contribution >= 0.6 is 23.2 Å². The number of aliphatic hydroxyl groups is 6. The summed E-state index contributed by atoms with van der Waals surface area (Å²) in [5.74, 6) is -13.9. The van der Waals surface area contributed by atoms with E-state index in [1.165, 1.54) is 83.5 Å². The van der Waals surface area contributed by atoms with E-state index in [2.05, 4.69) is 63.8 Å². The highest BCUT2D eigenvalue weighted by atomic mass is 35.5. The minimum atomic E-state index is -2.45. The second kappa shape index (κ2) is 41.7. The van der Waals surface area contributed by atoms with Crippen LogP contribution in [0.5, 0.6) is 51.7 Å². The van der Waals surface area contributed by atoms with Gasteiger partial charge in [0.15, 0.2) is 23.9 Å².